The summed E-state index contributed by atoms with van der Waals surface area (Å²) in [5, 5.41) is 13.3. The van der Waals surface area contributed by atoms with E-state index in [1.165, 1.54) is 43.2 Å². The van der Waals surface area contributed by atoms with Gasteiger partial charge in [0.2, 0.25) is 0 Å². The molecule has 5 heteroatoms. The van der Waals surface area contributed by atoms with E-state index in [0.717, 1.165) is 13.1 Å². The second-order valence-corrected chi connectivity index (χ2v) is 7.59. The smallest absolute Gasteiger partial charge is 0.341 e. The molecule has 0 unspecified atom stereocenters. The average molecular weight is 340 g/mol. The number of piperidine rings is 1. The molecule has 25 heavy (non-hydrogen) atoms. The molecule has 2 aliphatic rings. The second-order valence-electron chi connectivity index (χ2n) is 7.59. The number of hydrogen-bond acceptors (Lipinski definition) is 4. The third kappa shape index (κ3) is 3.09. The summed E-state index contributed by atoms with van der Waals surface area (Å²) in [7, 11) is 0. The molecule has 1 aromatic heterocycles. The summed E-state index contributed by atoms with van der Waals surface area (Å²) in [5.74, 6) is -0.564. The fourth-order valence-electron chi connectivity index (χ4n) is 4.49. The molecular formula is C20H24N2O3. The first kappa shape index (κ1) is 16.3. The monoisotopic (exact) mass is 340 g/mol. The van der Waals surface area contributed by atoms with E-state index >= 15 is 0 Å². The molecule has 1 aromatic carbocycles. The molecule has 4 rings (SSSR count). The van der Waals surface area contributed by atoms with Crippen molar-refractivity contribution >= 4 is 5.97 Å². The van der Waals surface area contributed by atoms with Crippen molar-refractivity contribution < 1.29 is 14.4 Å². The van der Waals surface area contributed by atoms with E-state index < -0.39 is 5.97 Å². The molecule has 0 radical (unpaired) electrons. The van der Waals surface area contributed by atoms with Gasteiger partial charge in [-0.1, -0.05) is 29.4 Å². The summed E-state index contributed by atoms with van der Waals surface area (Å²) in [5.41, 5.74) is 4.23. The first-order valence-corrected chi connectivity index (χ1v) is 9.04. The van der Waals surface area contributed by atoms with E-state index in [0.29, 0.717) is 23.4 Å². The van der Waals surface area contributed by atoms with Crippen LogP contribution in [0, 0.1) is 12.3 Å². The summed E-state index contributed by atoms with van der Waals surface area (Å²) >= 11 is 0. The topological polar surface area (TPSA) is 66.6 Å². The van der Waals surface area contributed by atoms with Crippen molar-refractivity contribution in [2.75, 3.05) is 13.1 Å². The van der Waals surface area contributed by atoms with Crippen molar-refractivity contribution in [2.45, 2.75) is 45.6 Å². The van der Waals surface area contributed by atoms with Gasteiger partial charge in [-0.05, 0) is 68.7 Å². The first-order valence-electron chi connectivity index (χ1n) is 9.04. The molecule has 1 aliphatic heterocycles. The second kappa shape index (κ2) is 6.30. The van der Waals surface area contributed by atoms with Crippen LogP contribution < -0.4 is 0 Å². The number of aryl methyl sites for hydroxylation is 2. The van der Waals surface area contributed by atoms with Crippen LogP contribution in [-0.2, 0) is 19.4 Å². The SMILES string of the molecule is Cc1onc(CN2CCC3(CCc4ccccc4C3)CC2)c1C(=O)O. The molecule has 1 saturated heterocycles. The van der Waals surface area contributed by atoms with Gasteiger partial charge in [0, 0.05) is 6.54 Å². The predicted molar refractivity (Wildman–Crippen MR) is 93.6 cm³/mol. The maximum Gasteiger partial charge on any atom is 0.341 e. The van der Waals surface area contributed by atoms with Crippen molar-refractivity contribution in [3.8, 4) is 0 Å². The minimum Gasteiger partial charge on any atom is -0.477 e. The number of aromatic carboxylic acids is 1. The van der Waals surface area contributed by atoms with Gasteiger partial charge >= 0.3 is 5.97 Å². The average Bonchev–Trinajstić information content (AvgIpc) is 2.97. The summed E-state index contributed by atoms with van der Waals surface area (Å²) in [4.78, 5) is 13.7. The van der Waals surface area contributed by atoms with E-state index in [-0.39, 0.29) is 5.56 Å². The van der Waals surface area contributed by atoms with E-state index in [4.69, 9.17) is 4.52 Å². The van der Waals surface area contributed by atoms with E-state index in [9.17, 15) is 9.90 Å². The van der Waals surface area contributed by atoms with Gasteiger partial charge in [0.15, 0.2) is 0 Å². The van der Waals surface area contributed by atoms with Gasteiger partial charge in [0.25, 0.3) is 0 Å². The minimum absolute atomic E-state index is 0.229. The molecule has 1 spiro atoms. The number of likely N-dealkylation sites (tertiary alicyclic amines) is 1. The lowest BCUT2D eigenvalue weighted by Gasteiger charge is -2.44. The third-order valence-corrected chi connectivity index (χ3v) is 6.05. The number of carboxylic acids is 1. The largest absolute Gasteiger partial charge is 0.477 e. The Labute approximate surface area is 147 Å². The lowest BCUT2D eigenvalue weighted by Crippen LogP contribution is -2.42. The Morgan fingerprint density at radius 2 is 1.96 bits per heavy atom. The molecule has 1 fully saturated rings. The standard InChI is InChI=1S/C20H24N2O3/c1-14-18(19(23)24)17(21-25-14)13-22-10-8-20(9-11-22)7-6-15-4-2-3-5-16(15)12-20/h2-5H,6-13H2,1H3,(H,23,24). The molecule has 5 nitrogen and oxygen atoms in total. The normalized spacial score (nSPS) is 19.7. The molecule has 1 aliphatic carbocycles. The maximum absolute atomic E-state index is 11.4. The minimum atomic E-state index is -0.953. The zero-order valence-corrected chi connectivity index (χ0v) is 14.6. The highest BCUT2D eigenvalue weighted by Gasteiger charge is 2.37. The Kier molecular flexibility index (Phi) is 4.12. The number of nitrogens with zero attached hydrogens (tertiary/aromatic N) is 2. The highest BCUT2D eigenvalue weighted by atomic mass is 16.5. The quantitative estimate of drug-likeness (QED) is 0.927. The molecule has 0 atom stereocenters. The van der Waals surface area contributed by atoms with Crippen LogP contribution in [-0.4, -0.2) is 34.2 Å². The van der Waals surface area contributed by atoms with Crippen LogP contribution in [0.25, 0.3) is 0 Å². The van der Waals surface area contributed by atoms with Crippen LogP contribution >= 0.6 is 0 Å². The predicted octanol–water partition coefficient (Wildman–Crippen LogP) is 3.45. The molecule has 0 amide bonds. The lowest BCUT2D eigenvalue weighted by atomic mass is 9.66. The van der Waals surface area contributed by atoms with Crippen molar-refractivity contribution in [3.63, 3.8) is 0 Å². The summed E-state index contributed by atoms with van der Waals surface area (Å²) in [6.07, 6.45) is 5.96. The van der Waals surface area contributed by atoms with Gasteiger partial charge in [-0.2, -0.15) is 0 Å². The number of rotatable bonds is 3. The van der Waals surface area contributed by atoms with Crippen molar-refractivity contribution in [3.05, 3.63) is 52.4 Å². The molecule has 0 saturated carbocycles. The Morgan fingerprint density at radius 1 is 1.24 bits per heavy atom. The fourth-order valence-corrected chi connectivity index (χ4v) is 4.49. The number of carboxylic acid groups (broad SMARTS) is 1. The Hall–Kier alpha value is -2.14. The van der Waals surface area contributed by atoms with Gasteiger partial charge < -0.3 is 9.63 Å². The maximum atomic E-state index is 11.4. The van der Waals surface area contributed by atoms with Gasteiger partial charge in [-0.25, -0.2) is 4.79 Å². The van der Waals surface area contributed by atoms with Gasteiger partial charge in [-0.3, -0.25) is 4.90 Å². The Balaban J connectivity index is 1.42. The molecule has 0 bridgehead atoms. The highest BCUT2D eigenvalue weighted by Crippen LogP contribution is 2.43. The lowest BCUT2D eigenvalue weighted by molar-refractivity contribution is 0.0685. The van der Waals surface area contributed by atoms with Crippen LogP contribution in [0.1, 0.15) is 52.2 Å². The zero-order chi connectivity index (χ0) is 17.4. The van der Waals surface area contributed by atoms with Crippen LogP contribution in [0.2, 0.25) is 0 Å². The van der Waals surface area contributed by atoms with Crippen molar-refractivity contribution in [1.82, 2.24) is 10.1 Å². The van der Waals surface area contributed by atoms with E-state index in [1.807, 2.05) is 0 Å². The van der Waals surface area contributed by atoms with Crippen LogP contribution in [0.15, 0.2) is 28.8 Å². The molecule has 2 heterocycles. The van der Waals surface area contributed by atoms with Crippen LogP contribution in [0.3, 0.4) is 0 Å². The van der Waals surface area contributed by atoms with E-state index in [1.54, 1.807) is 6.92 Å². The summed E-state index contributed by atoms with van der Waals surface area (Å²) < 4.78 is 5.09. The Bertz CT molecular complexity index is 788. The number of hydrogen-bond donors (Lipinski definition) is 1. The summed E-state index contributed by atoms with van der Waals surface area (Å²) in [6, 6.07) is 8.82. The molecular weight excluding hydrogens is 316 g/mol. The highest BCUT2D eigenvalue weighted by molar-refractivity contribution is 5.89. The fraction of sp³-hybridized carbons (Fsp3) is 0.500. The summed E-state index contributed by atoms with van der Waals surface area (Å²) in [6.45, 7) is 4.20. The number of carbonyl (C=O) groups is 1. The third-order valence-electron chi connectivity index (χ3n) is 6.05. The molecule has 2 aromatic rings. The van der Waals surface area contributed by atoms with E-state index in [2.05, 4.69) is 34.3 Å². The number of aromatic nitrogens is 1. The van der Waals surface area contributed by atoms with Crippen molar-refractivity contribution in [2.24, 2.45) is 5.41 Å². The Morgan fingerprint density at radius 3 is 2.68 bits per heavy atom. The van der Waals surface area contributed by atoms with Crippen LogP contribution in [0.5, 0.6) is 0 Å². The zero-order valence-electron chi connectivity index (χ0n) is 14.6. The van der Waals surface area contributed by atoms with Gasteiger partial charge in [-0.15, -0.1) is 0 Å². The van der Waals surface area contributed by atoms with Crippen LogP contribution in [0.4, 0.5) is 0 Å². The van der Waals surface area contributed by atoms with Crippen molar-refractivity contribution in [1.29, 1.82) is 0 Å². The molecule has 1 N–H and O–H groups in total. The first-order chi connectivity index (χ1) is 12.1. The van der Waals surface area contributed by atoms with Gasteiger partial charge in [0.05, 0.1) is 0 Å². The van der Waals surface area contributed by atoms with Gasteiger partial charge in [0.1, 0.15) is 17.0 Å². The number of fused-ring (bicyclic) bond motifs is 1. The number of benzene rings is 1. The molecule has 132 valence electrons.